The van der Waals surface area contributed by atoms with E-state index < -0.39 is 35.5 Å². The number of halogens is 1. The monoisotopic (exact) mass is 445 g/mol. The van der Waals surface area contributed by atoms with Crippen LogP contribution in [0.4, 0.5) is 15.8 Å². The standard InChI is InChI=1S/C26H24FN3O3/c1-15-19-6-3-4-7-20(19)24-21(28)8-5-9-22(24)30(25(15)32)26(33)16(2)29-23(31)14-17-10-12-18(27)13-11-17/h3-13,15-16H,14,28H2,1-2H3,(H,29,31)/t15?,16-/m0/s1. The Balaban J connectivity index is 1.64. The minimum absolute atomic E-state index is 0.0166. The zero-order valence-corrected chi connectivity index (χ0v) is 18.3. The lowest BCUT2D eigenvalue weighted by atomic mass is 9.92. The lowest BCUT2D eigenvalue weighted by Crippen LogP contribution is -2.50. The molecule has 1 aliphatic rings. The predicted octanol–water partition coefficient (Wildman–Crippen LogP) is 3.80. The molecule has 3 aromatic rings. The summed E-state index contributed by atoms with van der Waals surface area (Å²) in [5.74, 6) is -2.33. The van der Waals surface area contributed by atoms with Gasteiger partial charge in [0.1, 0.15) is 11.9 Å². The van der Waals surface area contributed by atoms with Crippen LogP contribution in [0.1, 0.15) is 30.9 Å². The molecular weight excluding hydrogens is 421 g/mol. The van der Waals surface area contributed by atoms with Gasteiger partial charge in [0.25, 0.3) is 5.91 Å². The molecule has 0 radical (unpaired) electrons. The number of nitrogens with zero attached hydrogens (tertiary/aromatic N) is 1. The summed E-state index contributed by atoms with van der Waals surface area (Å²) in [6.45, 7) is 3.29. The van der Waals surface area contributed by atoms with Crippen molar-refractivity contribution in [2.24, 2.45) is 0 Å². The van der Waals surface area contributed by atoms with Crippen LogP contribution in [0.5, 0.6) is 0 Å². The number of rotatable bonds is 4. The van der Waals surface area contributed by atoms with Crippen LogP contribution in [-0.4, -0.2) is 23.8 Å². The van der Waals surface area contributed by atoms with Crippen LogP contribution in [0.25, 0.3) is 11.1 Å². The molecule has 7 heteroatoms. The first kappa shape index (κ1) is 22.2. The summed E-state index contributed by atoms with van der Waals surface area (Å²) >= 11 is 0. The number of amides is 3. The number of hydrogen-bond donors (Lipinski definition) is 2. The number of imide groups is 1. The Kier molecular flexibility index (Phi) is 5.96. The summed E-state index contributed by atoms with van der Waals surface area (Å²) in [6.07, 6.45) is -0.0166. The van der Waals surface area contributed by atoms with Crippen molar-refractivity contribution < 1.29 is 18.8 Å². The van der Waals surface area contributed by atoms with Gasteiger partial charge in [0, 0.05) is 11.3 Å². The average Bonchev–Trinajstić information content (AvgIpc) is 2.89. The highest BCUT2D eigenvalue weighted by molar-refractivity contribution is 6.22. The fourth-order valence-corrected chi connectivity index (χ4v) is 4.15. The van der Waals surface area contributed by atoms with Crippen molar-refractivity contribution >= 4 is 29.1 Å². The van der Waals surface area contributed by atoms with Crippen molar-refractivity contribution in [3.05, 3.63) is 83.7 Å². The number of carbonyl (C=O) groups is 3. The second-order valence-electron chi connectivity index (χ2n) is 8.15. The van der Waals surface area contributed by atoms with Crippen LogP contribution in [0.3, 0.4) is 0 Å². The Hall–Kier alpha value is -4.00. The molecule has 1 aliphatic heterocycles. The number of carbonyl (C=O) groups excluding carboxylic acids is 3. The van der Waals surface area contributed by atoms with Gasteiger partial charge in [-0.3, -0.25) is 14.4 Å². The quantitative estimate of drug-likeness (QED) is 0.598. The smallest absolute Gasteiger partial charge is 0.256 e. The number of anilines is 2. The van der Waals surface area contributed by atoms with Crippen LogP contribution >= 0.6 is 0 Å². The van der Waals surface area contributed by atoms with Gasteiger partial charge in [-0.05, 0) is 54.8 Å². The van der Waals surface area contributed by atoms with E-state index in [1.54, 1.807) is 25.1 Å². The number of hydrogen-bond acceptors (Lipinski definition) is 4. The van der Waals surface area contributed by atoms with E-state index in [2.05, 4.69) is 5.32 Å². The number of nitrogens with one attached hydrogen (secondary N) is 1. The molecule has 3 aromatic carbocycles. The van der Waals surface area contributed by atoms with Gasteiger partial charge in [-0.1, -0.05) is 42.5 Å². The van der Waals surface area contributed by atoms with Crippen molar-refractivity contribution in [1.82, 2.24) is 5.32 Å². The maximum atomic E-state index is 13.5. The van der Waals surface area contributed by atoms with Crippen molar-refractivity contribution in [3.8, 4) is 11.1 Å². The largest absolute Gasteiger partial charge is 0.398 e. The number of fused-ring (bicyclic) bond motifs is 3. The molecule has 3 N–H and O–H groups in total. The fraction of sp³-hybridized carbons (Fsp3) is 0.192. The third kappa shape index (κ3) is 4.22. The SMILES string of the molecule is CC1C(=O)N(C(=O)[C@H](C)NC(=O)Cc2ccc(F)cc2)c2cccc(N)c2-c2ccccc21. The lowest BCUT2D eigenvalue weighted by Gasteiger charge is -2.26. The summed E-state index contributed by atoms with van der Waals surface area (Å²) < 4.78 is 13.1. The van der Waals surface area contributed by atoms with Gasteiger partial charge in [-0.15, -0.1) is 0 Å². The molecule has 0 bridgehead atoms. The third-order valence-electron chi connectivity index (χ3n) is 5.85. The topological polar surface area (TPSA) is 92.5 Å². The van der Waals surface area contributed by atoms with E-state index >= 15 is 0 Å². The molecule has 0 aromatic heterocycles. The first-order chi connectivity index (χ1) is 15.8. The highest BCUT2D eigenvalue weighted by atomic mass is 19.1. The molecule has 1 heterocycles. The molecular formula is C26H24FN3O3. The van der Waals surface area contributed by atoms with Crippen LogP contribution in [0.15, 0.2) is 66.7 Å². The van der Waals surface area contributed by atoms with Crippen LogP contribution < -0.4 is 16.0 Å². The van der Waals surface area contributed by atoms with E-state index in [9.17, 15) is 18.8 Å². The summed E-state index contributed by atoms with van der Waals surface area (Å²) in [4.78, 5) is 40.5. The third-order valence-corrected chi connectivity index (χ3v) is 5.85. The second-order valence-corrected chi connectivity index (χ2v) is 8.15. The van der Waals surface area contributed by atoms with Gasteiger partial charge >= 0.3 is 0 Å². The maximum absolute atomic E-state index is 13.5. The average molecular weight is 445 g/mol. The van der Waals surface area contributed by atoms with E-state index in [0.29, 0.717) is 22.5 Å². The van der Waals surface area contributed by atoms with Crippen LogP contribution in [0, 0.1) is 5.82 Å². The maximum Gasteiger partial charge on any atom is 0.256 e. The summed E-state index contributed by atoms with van der Waals surface area (Å²) in [6, 6.07) is 17.2. The molecule has 4 rings (SSSR count). The molecule has 0 aliphatic carbocycles. The van der Waals surface area contributed by atoms with Crippen LogP contribution in [-0.2, 0) is 20.8 Å². The normalized spacial score (nSPS) is 15.8. The molecule has 0 fully saturated rings. The van der Waals surface area contributed by atoms with E-state index in [1.165, 1.54) is 31.2 Å². The number of benzene rings is 3. The highest BCUT2D eigenvalue weighted by Gasteiger charge is 2.37. The molecule has 3 amide bonds. The molecule has 6 nitrogen and oxygen atoms in total. The van der Waals surface area contributed by atoms with Crippen molar-refractivity contribution in [1.29, 1.82) is 0 Å². The molecule has 0 saturated heterocycles. The zero-order valence-electron chi connectivity index (χ0n) is 18.3. The minimum atomic E-state index is -0.968. The Morgan fingerprint density at radius 3 is 2.48 bits per heavy atom. The van der Waals surface area contributed by atoms with Gasteiger partial charge < -0.3 is 11.1 Å². The van der Waals surface area contributed by atoms with Gasteiger partial charge in [0.2, 0.25) is 11.8 Å². The summed E-state index contributed by atoms with van der Waals surface area (Å²) in [7, 11) is 0. The van der Waals surface area contributed by atoms with E-state index in [-0.39, 0.29) is 6.42 Å². The molecule has 168 valence electrons. The number of nitrogens with two attached hydrogens (primary N) is 1. The van der Waals surface area contributed by atoms with Crippen molar-refractivity contribution in [3.63, 3.8) is 0 Å². The molecule has 0 saturated carbocycles. The molecule has 2 atom stereocenters. The highest BCUT2D eigenvalue weighted by Crippen LogP contribution is 2.44. The molecule has 0 spiro atoms. The van der Waals surface area contributed by atoms with Crippen molar-refractivity contribution in [2.75, 3.05) is 10.6 Å². The van der Waals surface area contributed by atoms with Gasteiger partial charge in [0.05, 0.1) is 18.0 Å². The Morgan fingerprint density at radius 1 is 1.06 bits per heavy atom. The van der Waals surface area contributed by atoms with E-state index in [4.69, 9.17) is 5.73 Å². The predicted molar refractivity (Wildman–Crippen MR) is 125 cm³/mol. The number of nitrogen functional groups attached to an aromatic ring is 1. The van der Waals surface area contributed by atoms with E-state index in [1.807, 2.05) is 24.3 Å². The Bertz CT molecular complexity index is 1240. The zero-order chi connectivity index (χ0) is 23.7. The van der Waals surface area contributed by atoms with Gasteiger partial charge in [0.15, 0.2) is 0 Å². The molecule has 33 heavy (non-hydrogen) atoms. The van der Waals surface area contributed by atoms with E-state index in [0.717, 1.165) is 16.0 Å². The van der Waals surface area contributed by atoms with Gasteiger partial charge in [-0.2, -0.15) is 0 Å². The fourth-order valence-electron chi connectivity index (χ4n) is 4.15. The first-order valence-corrected chi connectivity index (χ1v) is 10.7. The second kappa shape index (κ2) is 8.86. The summed E-state index contributed by atoms with van der Waals surface area (Å²) in [5.41, 5.74) is 9.94. The Labute approximate surface area is 191 Å². The Morgan fingerprint density at radius 2 is 1.76 bits per heavy atom. The lowest BCUT2D eigenvalue weighted by molar-refractivity contribution is -0.131. The van der Waals surface area contributed by atoms with Gasteiger partial charge in [-0.25, -0.2) is 9.29 Å². The first-order valence-electron chi connectivity index (χ1n) is 10.7. The minimum Gasteiger partial charge on any atom is -0.398 e. The van der Waals surface area contributed by atoms with Crippen molar-refractivity contribution in [2.45, 2.75) is 32.2 Å². The van der Waals surface area contributed by atoms with Crippen LogP contribution in [0.2, 0.25) is 0 Å². The molecule has 1 unspecified atom stereocenters. The summed E-state index contributed by atoms with van der Waals surface area (Å²) in [5, 5.41) is 2.66.